The van der Waals surface area contributed by atoms with E-state index in [-0.39, 0.29) is 18.0 Å². The lowest BCUT2D eigenvalue weighted by atomic mass is 10.0. The predicted octanol–water partition coefficient (Wildman–Crippen LogP) is 2.35. The molecule has 3 rings (SSSR count). The average Bonchev–Trinajstić information content (AvgIpc) is 3.12. The first-order valence-electron chi connectivity index (χ1n) is 9.23. The number of nitrogens with two attached hydrogens (primary N) is 1. The molecule has 1 saturated heterocycles. The van der Waals surface area contributed by atoms with Crippen molar-refractivity contribution in [2.75, 3.05) is 30.3 Å². The van der Waals surface area contributed by atoms with Crippen LogP contribution < -0.4 is 16.4 Å². The molecule has 8 nitrogen and oxygen atoms in total. The number of carbonyl (C=O) groups is 2. The van der Waals surface area contributed by atoms with Crippen LogP contribution in [0.1, 0.15) is 30.9 Å². The van der Waals surface area contributed by atoms with Gasteiger partial charge in [0.25, 0.3) is 0 Å². The number of rotatable bonds is 5. The number of para-hydroxylation sites is 1. The number of nitrogens with zero attached hydrogens (tertiary/aromatic N) is 3. The Hall–Kier alpha value is -2.87. The number of nitrogens with one attached hydrogen (secondary N) is 2. The highest BCUT2D eigenvalue weighted by molar-refractivity contribution is 5.99. The number of likely N-dealkylation sites (tertiary alicyclic amines) is 1. The maximum absolute atomic E-state index is 12.4. The van der Waals surface area contributed by atoms with Crippen LogP contribution in [0, 0.1) is 6.92 Å². The van der Waals surface area contributed by atoms with Crippen LogP contribution in [-0.2, 0) is 4.79 Å². The summed E-state index contributed by atoms with van der Waals surface area (Å²) in [5, 5.41) is 10.1. The van der Waals surface area contributed by atoms with Crippen molar-refractivity contribution in [2.24, 2.45) is 5.73 Å². The Balaban J connectivity index is 1.59. The van der Waals surface area contributed by atoms with Crippen molar-refractivity contribution in [3.8, 4) is 0 Å². The van der Waals surface area contributed by atoms with Crippen molar-refractivity contribution in [3.63, 3.8) is 0 Å². The van der Waals surface area contributed by atoms with Crippen molar-refractivity contribution >= 4 is 23.4 Å². The fourth-order valence-corrected chi connectivity index (χ4v) is 3.33. The minimum atomic E-state index is -0.304. The van der Waals surface area contributed by atoms with Gasteiger partial charge in [-0.15, -0.1) is 0 Å². The van der Waals surface area contributed by atoms with Crippen LogP contribution in [0.15, 0.2) is 36.5 Å². The first-order valence-corrected chi connectivity index (χ1v) is 9.23. The van der Waals surface area contributed by atoms with E-state index in [1.54, 1.807) is 12.3 Å². The van der Waals surface area contributed by atoms with Gasteiger partial charge in [-0.1, -0.05) is 18.2 Å². The van der Waals surface area contributed by atoms with E-state index in [1.807, 2.05) is 40.8 Å². The summed E-state index contributed by atoms with van der Waals surface area (Å²) in [7, 11) is 0. The maximum Gasteiger partial charge on any atom is 0.324 e. The summed E-state index contributed by atoms with van der Waals surface area (Å²) < 4.78 is 1.84. The summed E-state index contributed by atoms with van der Waals surface area (Å²) in [5.41, 5.74) is 7.23. The van der Waals surface area contributed by atoms with Gasteiger partial charge >= 0.3 is 6.03 Å². The number of aromatic nitrogens is 2. The number of hydrogen-bond donors (Lipinski definition) is 3. The molecular formula is C19H26N6O2. The van der Waals surface area contributed by atoms with Gasteiger partial charge in [-0.25, -0.2) is 9.48 Å². The monoisotopic (exact) mass is 370 g/mol. The number of carbonyl (C=O) groups excluding carboxylic acids is 2. The SMILES string of the molecule is Cc1ccccc1NC(=O)Nc1ccnn1C1CCN(C(=O)CCN)CC1. The van der Waals surface area contributed by atoms with Gasteiger partial charge in [-0.3, -0.25) is 10.1 Å². The molecule has 1 aromatic carbocycles. The zero-order valence-corrected chi connectivity index (χ0v) is 15.5. The standard InChI is InChI=1S/C19H26N6O2/c1-14-4-2-3-5-16(14)22-19(27)23-17-7-11-21-25(17)15-8-12-24(13-9-15)18(26)6-10-20/h2-5,7,11,15H,6,8-10,12-13,20H2,1H3,(H2,22,23,27). The van der Waals surface area contributed by atoms with E-state index in [4.69, 9.17) is 5.73 Å². The molecule has 3 amide bonds. The summed E-state index contributed by atoms with van der Waals surface area (Å²) in [5.74, 6) is 0.750. The van der Waals surface area contributed by atoms with E-state index in [0.29, 0.717) is 31.9 Å². The first-order chi connectivity index (χ1) is 13.1. The third-order valence-corrected chi connectivity index (χ3v) is 4.83. The van der Waals surface area contributed by atoms with Gasteiger partial charge < -0.3 is 16.0 Å². The molecule has 2 heterocycles. The van der Waals surface area contributed by atoms with E-state index in [2.05, 4.69) is 15.7 Å². The highest BCUT2D eigenvalue weighted by atomic mass is 16.2. The Morgan fingerprint density at radius 3 is 2.63 bits per heavy atom. The fraction of sp³-hybridized carbons (Fsp3) is 0.421. The van der Waals surface area contributed by atoms with Crippen molar-refractivity contribution in [2.45, 2.75) is 32.2 Å². The minimum Gasteiger partial charge on any atom is -0.343 e. The van der Waals surface area contributed by atoms with Crippen LogP contribution >= 0.6 is 0 Å². The maximum atomic E-state index is 12.4. The van der Waals surface area contributed by atoms with Crippen LogP contribution in [0.25, 0.3) is 0 Å². The molecule has 4 N–H and O–H groups in total. The van der Waals surface area contributed by atoms with Crippen molar-refractivity contribution < 1.29 is 9.59 Å². The number of piperidine rings is 1. The number of anilines is 2. The van der Waals surface area contributed by atoms with Crippen molar-refractivity contribution in [3.05, 3.63) is 42.1 Å². The third kappa shape index (κ3) is 4.65. The van der Waals surface area contributed by atoms with E-state index in [0.717, 1.165) is 24.1 Å². The molecule has 2 aromatic rings. The summed E-state index contributed by atoms with van der Waals surface area (Å²) in [4.78, 5) is 26.2. The molecule has 0 saturated carbocycles. The van der Waals surface area contributed by atoms with E-state index in [9.17, 15) is 9.59 Å². The van der Waals surface area contributed by atoms with Gasteiger partial charge in [0.1, 0.15) is 5.82 Å². The summed E-state index contributed by atoms with van der Waals surface area (Å²) >= 11 is 0. The van der Waals surface area contributed by atoms with E-state index < -0.39 is 0 Å². The summed E-state index contributed by atoms with van der Waals surface area (Å²) in [6.07, 6.45) is 3.66. The van der Waals surface area contributed by atoms with E-state index in [1.165, 1.54) is 0 Å². The third-order valence-electron chi connectivity index (χ3n) is 4.83. The van der Waals surface area contributed by atoms with Crippen LogP contribution in [0.4, 0.5) is 16.3 Å². The molecule has 0 bridgehead atoms. The Morgan fingerprint density at radius 1 is 1.19 bits per heavy atom. The number of aryl methyl sites for hydroxylation is 1. The lowest BCUT2D eigenvalue weighted by Gasteiger charge is -2.32. The molecule has 144 valence electrons. The Bertz CT molecular complexity index is 795. The average molecular weight is 370 g/mol. The van der Waals surface area contributed by atoms with E-state index >= 15 is 0 Å². The second kappa shape index (κ2) is 8.68. The van der Waals surface area contributed by atoms with Gasteiger partial charge in [-0.2, -0.15) is 5.10 Å². The smallest absolute Gasteiger partial charge is 0.324 e. The molecule has 27 heavy (non-hydrogen) atoms. The molecule has 1 aromatic heterocycles. The minimum absolute atomic E-state index is 0.104. The van der Waals surface area contributed by atoms with Crippen LogP contribution in [0.5, 0.6) is 0 Å². The molecule has 0 spiro atoms. The van der Waals surface area contributed by atoms with Crippen molar-refractivity contribution in [1.82, 2.24) is 14.7 Å². The molecule has 1 aliphatic heterocycles. The molecule has 0 aliphatic carbocycles. The number of benzene rings is 1. The van der Waals surface area contributed by atoms with Crippen molar-refractivity contribution in [1.29, 1.82) is 0 Å². The van der Waals surface area contributed by atoms with Gasteiger partial charge in [0, 0.05) is 37.8 Å². The quantitative estimate of drug-likeness (QED) is 0.751. The number of amides is 3. The molecule has 0 atom stereocenters. The highest BCUT2D eigenvalue weighted by Gasteiger charge is 2.25. The Morgan fingerprint density at radius 2 is 1.93 bits per heavy atom. The Kier molecular flexibility index (Phi) is 6.08. The normalized spacial score (nSPS) is 14.8. The Labute approximate surface area is 158 Å². The second-order valence-electron chi connectivity index (χ2n) is 6.71. The van der Waals surface area contributed by atoms with Gasteiger partial charge in [-0.05, 0) is 31.4 Å². The lowest BCUT2D eigenvalue weighted by molar-refractivity contribution is -0.132. The van der Waals surface area contributed by atoms with Gasteiger partial charge in [0.15, 0.2) is 0 Å². The van der Waals surface area contributed by atoms with Gasteiger partial charge in [0.2, 0.25) is 5.91 Å². The van der Waals surface area contributed by atoms with Crippen LogP contribution in [-0.4, -0.2) is 46.3 Å². The molecule has 8 heteroatoms. The zero-order valence-electron chi connectivity index (χ0n) is 15.5. The topological polar surface area (TPSA) is 105 Å². The largest absolute Gasteiger partial charge is 0.343 e. The van der Waals surface area contributed by atoms with Crippen LogP contribution in [0.2, 0.25) is 0 Å². The first kappa shape index (κ1) is 18.9. The molecule has 0 radical (unpaired) electrons. The van der Waals surface area contributed by atoms with Gasteiger partial charge in [0.05, 0.1) is 12.2 Å². The molecular weight excluding hydrogens is 344 g/mol. The predicted molar refractivity (Wildman–Crippen MR) is 105 cm³/mol. The van der Waals surface area contributed by atoms with Crippen LogP contribution in [0.3, 0.4) is 0 Å². The summed E-state index contributed by atoms with van der Waals surface area (Å²) in [6.45, 7) is 3.68. The number of urea groups is 1. The molecule has 1 fully saturated rings. The zero-order chi connectivity index (χ0) is 19.2. The highest BCUT2D eigenvalue weighted by Crippen LogP contribution is 2.26. The number of hydrogen-bond acceptors (Lipinski definition) is 4. The molecule has 0 unspecified atom stereocenters. The summed E-state index contributed by atoms with van der Waals surface area (Å²) in [6, 6.07) is 9.24. The second-order valence-corrected chi connectivity index (χ2v) is 6.71. The molecule has 1 aliphatic rings. The fourth-order valence-electron chi connectivity index (χ4n) is 3.33. The lowest BCUT2D eigenvalue weighted by Crippen LogP contribution is -2.40.